The van der Waals surface area contributed by atoms with E-state index >= 15 is 0 Å². The van der Waals surface area contributed by atoms with E-state index in [9.17, 15) is 0 Å². The van der Waals surface area contributed by atoms with E-state index in [-0.39, 0.29) is 5.54 Å². The van der Waals surface area contributed by atoms with Gasteiger partial charge in [0.2, 0.25) is 0 Å². The molecule has 0 fully saturated rings. The summed E-state index contributed by atoms with van der Waals surface area (Å²) in [5.41, 5.74) is 5.23. The molecule has 1 aromatic carbocycles. The normalized spacial score (nSPS) is 11.8. The first-order valence-corrected chi connectivity index (χ1v) is 7.17. The van der Waals surface area contributed by atoms with Crippen molar-refractivity contribution >= 4 is 0 Å². The lowest BCUT2D eigenvalue weighted by Crippen LogP contribution is -2.35. The average molecular weight is 271 g/mol. The quantitative estimate of drug-likeness (QED) is 0.923. The maximum absolute atomic E-state index is 4.52. The fourth-order valence-corrected chi connectivity index (χ4v) is 2.16. The molecule has 2 aromatic rings. The van der Waals surface area contributed by atoms with E-state index in [2.05, 4.69) is 74.0 Å². The monoisotopic (exact) mass is 271 g/mol. The Kier molecular flexibility index (Phi) is 4.29. The fraction of sp³-hybridized carbons (Fsp3) is 0.471. The molecular weight excluding hydrogens is 246 g/mol. The second-order valence-electron chi connectivity index (χ2n) is 6.51. The summed E-state index contributed by atoms with van der Waals surface area (Å²) in [7, 11) is 0. The highest BCUT2D eigenvalue weighted by Gasteiger charge is 2.12. The molecule has 1 aromatic heterocycles. The van der Waals surface area contributed by atoms with Gasteiger partial charge in [0.05, 0.1) is 12.7 Å². The molecule has 0 spiro atoms. The Balaban J connectivity index is 2.09. The molecule has 0 saturated heterocycles. The lowest BCUT2D eigenvalue weighted by molar-refractivity contribution is 0.423. The van der Waals surface area contributed by atoms with Crippen LogP contribution in [0.1, 0.15) is 43.2 Å². The first-order valence-electron chi connectivity index (χ1n) is 7.17. The third-order valence-corrected chi connectivity index (χ3v) is 3.43. The molecule has 0 saturated carbocycles. The van der Waals surface area contributed by atoms with Crippen LogP contribution in [0.15, 0.2) is 30.5 Å². The van der Waals surface area contributed by atoms with Crippen LogP contribution in [0, 0.1) is 13.8 Å². The van der Waals surface area contributed by atoms with Gasteiger partial charge in [-0.15, -0.1) is 0 Å². The molecule has 2 rings (SSSR count). The molecule has 0 aliphatic rings. The zero-order valence-electron chi connectivity index (χ0n) is 13.2. The SMILES string of the molecule is Cc1cccc(Cn2ncc(CNC(C)(C)C)c2C)c1. The number of hydrogen-bond donors (Lipinski definition) is 1. The van der Waals surface area contributed by atoms with Crippen molar-refractivity contribution in [1.29, 1.82) is 0 Å². The number of aryl methyl sites for hydroxylation is 1. The summed E-state index contributed by atoms with van der Waals surface area (Å²) in [5, 5.41) is 8.03. The second-order valence-corrected chi connectivity index (χ2v) is 6.51. The Hall–Kier alpha value is -1.61. The minimum atomic E-state index is 0.130. The first kappa shape index (κ1) is 14.8. The van der Waals surface area contributed by atoms with Crippen LogP contribution < -0.4 is 5.32 Å². The minimum Gasteiger partial charge on any atom is -0.308 e. The molecule has 3 heteroatoms. The standard InChI is InChI=1S/C17H25N3/c1-13-7-6-8-15(9-13)12-20-14(2)16(11-19-20)10-18-17(3,4)5/h6-9,11,18H,10,12H2,1-5H3. The fourth-order valence-electron chi connectivity index (χ4n) is 2.16. The lowest BCUT2D eigenvalue weighted by Gasteiger charge is -2.20. The summed E-state index contributed by atoms with van der Waals surface area (Å²) in [6, 6.07) is 8.60. The van der Waals surface area contributed by atoms with E-state index in [1.54, 1.807) is 0 Å². The first-order chi connectivity index (χ1) is 9.35. The molecule has 0 radical (unpaired) electrons. The van der Waals surface area contributed by atoms with E-state index in [1.807, 2.05) is 6.20 Å². The van der Waals surface area contributed by atoms with Crippen LogP contribution in [0.5, 0.6) is 0 Å². The molecule has 3 nitrogen and oxygen atoms in total. The maximum atomic E-state index is 4.52. The second kappa shape index (κ2) is 5.80. The summed E-state index contributed by atoms with van der Waals surface area (Å²) in [4.78, 5) is 0. The molecule has 0 amide bonds. The van der Waals surface area contributed by atoms with Crippen molar-refractivity contribution in [2.75, 3.05) is 0 Å². The number of rotatable bonds is 4. The smallest absolute Gasteiger partial charge is 0.0662 e. The van der Waals surface area contributed by atoms with Gasteiger partial charge >= 0.3 is 0 Å². The summed E-state index contributed by atoms with van der Waals surface area (Å²) in [5.74, 6) is 0. The van der Waals surface area contributed by atoms with Crippen molar-refractivity contribution in [3.05, 3.63) is 52.8 Å². The Labute approximate surface area is 122 Å². The molecule has 1 heterocycles. The van der Waals surface area contributed by atoms with E-state index in [4.69, 9.17) is 0 Å². The predicted octanol–water partition coefficient (Wildman–Crippen LogP) is 3.44. The molecule has 1 N–H and O–H groups in total. The van der Waals surface area contributed by atoms with E-state index in [1.165, 1.54) is 22.4 Å². The summed E-state index contributed by atoms with van der Waals surface area (Å²) in [6.07, 6.45) is 1.98. The minimum absolute atomic E-state index is 0.130. The summed E-state index contributed by atoms with van der Waals surface area (Å²) < 4.78 is 2.08. The van der Waals surface area contributed by atoms with Crippen LogP contribution in [-0.2, 0) is 13.1 Å². The molecular formula is C17H25N3. The Morgan fingerprint density at radius 2 is 1.95 bits per heavy atom. The Morgan fingerprint density at radius 1 is 1.20 bits per heavy atom. The molecule has 0 bridgehead atoms. The van der Waals surface area contributed by atoms with Gasteiger partial charge in [-0.3, -0.25) is 4.68 Å². The van der Waals surface area contributed by atoms with Gasteiger partial charge in [0.15, 0.2) is 0 Å². The maximum Gasteiger partial charge on any atom is 0.0662 e. The van der Waals surface area contributed by atoms with Gasteiger partial charge in [0.1, 0.15) is 0 Å². The predicted molar refractivity (Wildman–Crippen MR) is 83.8 cm³/mol. The lowest BCUT2D eigenvalue weighted by atomic mass is 10.1. The van der Waals surface area contributed by atoms with Crippen LogP contribution in [-0.4, -0.2) is 15.3 Å². The van der Waals surface area contributed by atoms with Crippen molar-refractivity contribution in [2.24, 2.45) is 0 Å². The largest absolute Gasteiger partial charge is 0.308 e. The molecule has 0 atom stereocenters. The van der Waals surface area contributed by atoms with Crippen LogP contribution in [0.2, 0.25) is 0 Å². The van der Waals surface area contributed by atoms with Crippen LogP contribution >= 0.6 is 0 Å². The van der Waals surface area contributed by atoms with Crippen molar-refractivity contribution < 1.29 is 0 Å². The van der Waals surface area contributed by atoms with Gasteiger partial charge < -0.3 is 5.32 Å². The van der Waals surface area contributed by atoms with Crippen molar-refractivity contribution in [3.8, 4) is 0 Å². The van der Waals surface area contributed by atoms with Gasteiger partial charge in [-0.1, -0.05) is 29.8 Å². The highest BCUT2D eigenvalue weighted by molar-refractivity contribution is 5.24. The third kappa shape index (κ3) is 3.94. The van der Waals surface area contributed by atoms with Gasteiger partial charge in [-0.2, -0.15) is 5.10 Å². The Morgan fingerprint density at radius 3 is 2.60 bits per heavy atom. The summed E-state index contributed by atoms with van der Waals surface area (Å²) in [6.45, 7) is 12.5. The van der Waals surface area contributed by atoms with Crippen LogP contribution in [0.3, 0.4) is 0 Å². The zero-order valence-corrected chi connectivity index (χ0v) is 13.2. The third-order valence-electron chi connectivity index (χ3n) is 3.43. The van der Waals surface area contributed by atoms with E-state index in [0.717, 1.165) is 13.1 Å². The van der Waals surface area contributed by atoms with Gasteiger partial charge in [0.25, 0.3) is 0 Å². The molecule has 108 valence electrons. The highest BCUT2D eigenvalue weighted by Crippen LogP contribution is 2.12. The van der Waals surface area contributed by atoms with Crippen LogP contribution in [0.25, 0.3) is 0 Å². The molecule has 20 heavy (non-hydrogen) atoms. The number of nitrogens with zero attached hydrogens (tertiary/aromatic N) is 2. The van der Waals surface area contributed by atoms with Crippen molar-refractivity contribution in [1.82, 2.24) is 15.1 Å². The number of aromatic nitrogens is 2. The number of nitrogens with one attached hydrogen (secondary N) is 1. The number of hydrogen-bond acceptors (Lipinski definition) is 2. The average Bonchev–Trinajstić information content (AvgIpc) is 2.68. The molecule has 0 aliphatic heterocycles. The van der Waals surface area contributed by atoms with E-state index in [0.29, 0.717) is 0 Å². The van der Waals surface area contributed by atoms with Gasteiger partial charge in [-0.05, 0) is 40.2 Å². The topological polar surface area (TPSA) is 29.9 Å². The van der Waals surface area contributed by atoms with Gasteiger partial charge in [-0.25, -0.2) is 0 Å². The van der Waals surface area contributed by atoms with Gasteiger partial charge in [0, 0.05) is 23.3 Å². The van der Waals surface area contributed by atoms with Crippen molar-refractivity contribution in [3.63, 3.8) is 0 Å². The Bertz CT molecular complexity index is 576. The summed E-state index contributed by atoms with van der Waals surface area (Å²) >= 11 is 0. The number of benzene rings is 1. The van der Waals surface area contributed by atoms with Crippen LogP contribution in [0.4, 0.5) is 0 Å². The highest BCUT2D eigenvalue weighted by atomic mass is 15.3. The molecule has 0 unspecified atom stereocenters. The zero-order chi connectivity index (χ0) is 14.8. The molecule has 0 aliphatic carbocycles. The van der Waals surface area contributed by atoms with E-state index < -0.39 is 0 Å². The van der Waals surface area contributed by atoms with Crippen molar-refractivity contribution in [2.45, 2.75) is 53.2 Å².